The van der Waals surface area contributed by atoms with E-state index in [0.717, 1.165) is 5.56 Å². The number of carboxylic acids is 1. The Morgan fingerprint density at radius 1 is 1.09 bits per heavy atom. The number of aliphatic carboxylic acids is 1. The molecule has 1 aliphatic rings. The lowest BCUT2D eigenvalue weighted by Gasteiger charge is -2.34. The SMILES string of the molecule is O=C(O)Cc1ccc(CNC(=O)NC2=CC(Cl)=C(c3ccccc3)C(Cl)(OC(F)F)C2)cc1. The first-order valence-corrected chi connectivity index (χ1v) is 10.6. The van der Waals surface area contributed by atoms with Crippen molar-refractivity contribution >= 4 is 40.8 Å². The molecule has 1 atom stereocenters. The minimum atomic E-state index is -3.16. The molecule has 0 spiro atoms. The Morgan fingerprint density at radius 2 is 1.73 bits per heavy atom. The number of nitrogens with one attached hydrogen (secondary N) is 2. The molecule has 33 heavy (non-hydrogen) atoms. The van der Waals surface area contributed by atoms with Crippen LogP contribution in [-0.4, -0.2) is 28.8 Å². The van der Waals surface area contributed by atoms with Gasteiger partial charge >= 0.3 is 18.6 Å². The fraction of sp³-hybridized carbons (Fsp3) is 0.217. The highest BCUT2D eigenvalue weighted by Crippen LogP contribution is 2.46. The van der Waals surface area contributed by atoms with E-state index in [4.69, 9.17) is 33.0 Å². The quantitative estimate of drug-likeness (QED) is 0.437. The molecule has 0 saturated carbocycles. The van der Waals surface area contributed by atoms with E-state index in [1.54, 1.807) is 54.6 Å². The minimum absolute atomic E-state index is 0.0624. The van der Waals surface area contributed by atoms with Crippen molar-refractivity contribution in [2.75, 3.05) is 0 Å². The molecule has 0 aliphatic heterocycles. The predicted octanol–water partition coefficient (Wildman–Crippen LogP) is 5.22. The molecular formula is C23H20Cl2F2N2O4. The summed E-state index contributed by atoms with van der Waals surface area (Å²) in [5, 5.41) is 12.1. The fourth-order valence-electron chi connectivity index (χ4n) is 3.39. The number of carbonyl (C=O) groups excluding carboxylic acids is 1. The van der Waals surface area contributed by atoms with Gasteiger partial charge < -0.3 is 15.7 Å². The Labute approximate surface area is 198 Å². The number of halogens is 4. The first-order chi connectivity index (χ1) is 15.7. The van der Waals surface area contributed by atoms with Crippen LogP contribution in [0.15, 0.2) is 71.4 Å². The topological polar surface area (TPSA) is 87.7 Å². The number of carbonyl (C=O) groups is 2. The summed E-state index contributed by atoms with van der Waals surface area (Å²) in [4.78, 5) is 23.1. The normalized spacial score (nSPS) is 18.2. The molecule has 0 aromatic heterocycles. The van der Waals surface area contributed by atoms with E-state index in [9.17, 15) is 18.4 Å². The molecule has 1 unspecified atom stereocenters. The molecule has 6 nitrogen and oxygen atoms in total. The van der Waals surface area contributed by atoms with E-state index in [0.29, 0.717) is 11.1 Å². The van der Waals surface area contributed by atoms with E-state index in [1.165, 1.54) is 6.08 Å². The van der Waals surface area contributed by atoms with Crippen LogP contribution in [0.5, 0.6) is 0 Å². The Hall–Kier alpha value is -2.94. The van der Waals surface area contributed by atoms with Crippen molar-refractivity contribution in [3.8, 4) is 0 Å². The van der Waals surface area contributed by atoms with Crippen molar-refractivity contribution in [2.24, 2.45) is 0 Å². The second-order valence-corrected chi connectivity index (χ2v) is 8.25. The lowest BCUT2D eigenvalue weighted by atomic mass is 9.92. The molecule has 174 valence electrons. The number of urea groups is 1. The zero-order valence-corrected chi connectivity index (χ0v) is 18.7. The van der Waals surface area contributed by atoms with E-state index in [2.05, 4.69) is 10.6 Å². The molecule has 0 bridgehead atoms. The summed E-state index contributed by atoms with van der Waals surface area (Å²) in [6.07, 6.45) is 1.10. The summed E-state index contributed by atoms with van der Waals surface area (Å²) < 4.78 is 31.0. The van der Waals surface area contributed by atoms with Gasteiger partial charge in [0.2, 0.25) is 0 Å². The van der Waals surface area contributed by atoms with Crippen LogP contribution < -0.4 is 10.6 Å². The van der Waals surface area contributed by atoms with Crippen LogP contribution in [0, 0.1) is 0 Å². The number of hydrogen-bond acceptors (Lipinski definition) is 3. The number of allylic oxidation sites excluding steroid dienone is 2. The van der Waals surface area contributed by atoms with Gasteiger partial charge in [0.1, 0.15) is 0 Å². The number of hydrogen-bond donors (Lipinski definition) is 3. The maximum atomic E-state index is 13.2. The number of carboxylic acid groups (broad SMARTS) is 1. The van der Waals surface area contributed by atoms with E-state index >= 15 is 0 Å². The summed E-state index contributed by atoms with van der Waals surface area (Å²) >= 11 is 12.8. The zero-order chi connectivity index (χ0) is 24.0. The van der Waals surface area contributed by atoms with Gasteiger partial charge in [-0.15, -0.1) is 0 Å². The van der Waals surface area contributed by atoms with Crippen LogP contribution in [0.25, 0.3) is 5.57 Å². The highest BCUT2D eigenvalue weighted by molar-refractivity contribution is 6.39. The number of rotatable bonds is 8. The molecule has 0 fully saturated rings. The van der Waals surface area contributed by atoms with Crippen molar-refractivity contribution in [3.63, 3.8) is 0 Å². The lowest BCUT2D eigenvalue weighted by Crippen LogP contribution is -2.40. The number of benzene rings is 2. The average molecular weight is 497 g/mol. The Balaban J connectivity index is 1.70. The maximum absolute atomic E-state index is 13.2. The Morgan fingerprint density at radius 3 is 2.33 bits per heavy atom. The highest BCUT2D eigenvalue weighted by atomic mass is 35.5. The van der Waals surface area contributed by atoms with Crippen LogP contribution in [0.1, 0.15) is 23.1 Å². The monoisotopic (exact) mass is 496 g/mol. The number of ether oxygens (including phenoxy) is 1. The molecule has 3 N–H and O–H groups in total. The average Bonchev–Trinajstić information content (AvgIpc) is 2.72. The van der Waals surface area contributed by atoms with Crippen molar-refractivity contribution < 1.29 is 28.2 Å². The summed E-state index contributed by atoms with van der Waals surface area (Å²) in [5.41, 5.74) is 2.28. The molecule has 2 aromatic rings. The molecule has 2 aromatic carbocycles. The summed E-state index contributed by atoms with van der Waals surface area (Å²) in [6.45, 7) is -3.01. The van der Waals surface area contributed by atoms with Gasteiger partial charge in [-0.3, -0.25) is 9.53 Å². The predicted molar refractivity (Wildman–Crippen MR) is 121 cm³/mol. The molecule has 0 radical (unpaired) electrons. The third-order valence-electron chi connectivity index (χ3n) is 4.77. The van der Waals surface area contributed by atoms with Gasteiger partial charge in [0, 0.05) is 24.2 Å². The van der Waals surface area contributed by atoms with E-state index < -0.39 is 23.7 Å². The number of alkyl halides is 3. The van der Waals surface area contributed by atoms with Crippen LogP contribution in [-0.2, 0) is 22.5 Å². The second-order valence-electron chi connectivity index (χ2n) is 7.24. The van der Waals surface area contributed by atoms with Crippen LogP contribution >= 0.6 is 23.2 Å². The largest absolute Gasteiger partial charge is 0.481 e. The molecule has 2 amide bonds. The van der Waals surface area contributed by atoms with Crippen molar-refractivity contribution in [1.82, 2.24) is 10.6 Å². The van der Waals surface area contributed by atoms with Crippen molar-refractivity contribution in [3.05, 3.63) is 88.1 Å². The van der Waals surface area contributed by atoms with Crippen molar-refractivity contribution in [2.45, 2.75) is 31.1 Å². The molecular weight excluding hydrogens is 477 g/mol. The Bertz CT molecular complexity index is 1080. The van der Waals surface area contributed by atoms with Gasteiger partial charge in [-0.2, -0.15) is 8.78 Å². The summed E-state index contributed by atoms with van der Waals surface area (Å²) in [6, 6.07) is 14.6. The van der Waals surface area contributed by atoms with Gasteiger partial charge in [-0.25, -0.2) is 4.79 Å². The number of amides is 2. The smallest absolute Gasteiger partial charge is 0.347 e. The standard InChI is InChI=1S/C23H20Cl2F2N2O4/c24-18-11-17(12-23(25,33-21(26)27)20(18)16-4-2-1-3-5-16)29-22(32)28-13-15-8-6-14(7-9-15)10-19(30)31/h1-9,11,21H,10,12-13H2,(H,30,31)(H2,28,29,32). The van der Waals surface area contributed by atoms with Gasteiger partial charge in [-0.05, 0) is 22.8 Å². The highest BCUT2D eigenvalue weighted by Gasteiger charge is 2.42. The fourth-order valence-corrected chi connectivity index (χ4v) is 4.25. The second kappa shape index (κ2) is 10.8. The molecule has 0 heterocycles. The van der Waals surface area contributed by atoms with E-state index in [-0.39, 0.29) is 35.7 Å². The van der Waals surface area contributed by atoms with Gasteiger partial charge in [0.25, 0.3) is 0 Å². The maximum Gasteiger partial charge on any atom is 0.347 e. The summed E-state index contributed by atoms with van der Waals surface area (Å²) in [5.74, 6) is -0.935. The Kier molecular flexibility index (Phi) is 8.07. The van der Waals surface area contributed by atoms with Crippen LogP contribution in [0.3, 0.4) is 0 Å². The molecule has 3 rings (SSSR count). The summed E-state index contributed by atoms with van der Waals surface area (Å²) in [7, 11) is 0. The van der Waals surface area contributed by atoms with Gasteiger partial charge in [0.05, 0.1) is 11.5 Å². The lowest BCUT2D eigenvalue weighted by molar-refractivity contribution is -0.161. The van der Waals surface area contributed by atoms with Crippen molar-refractivity contribution in [1.29, 1.82) is 0 Å². The first-order valence-electron chi connectivity index (χ1n) is 9.82. The van der Waals surface area contributed by atoms with Gasteiger partial charge in [0.15, 0.2) is 5.06 Å². The molecule has 10 heteroatoms. The van der Waals surface area contributed by atoms with Gasteiger partial charge in [-0.1, -0.05) is 77.8 Å². The zero-order valence-electron chi connectivity index (χ0n) is 17.2. The first kappa shape index (κ1) is 24.7. The third-order valence-corrected chi connectivity index (χ3v) is 5.48. The third kappa shape index (κ3) is 6.77. The van der Waals surface area contributed by atoms with Crippen LogP contribution in [0.4, 0.5) is 13.6 Å². The molecule has 1 aliphatic carbocycles. The minimum Gasteiger partial charge on any atom is -0.481 e. The van der Waals surface area contributed by atoms with E-state index in [1.807, 2.05) is 0 Å². The molecule has 0 saturated heterocycles. The van der Waals surface area contributed by atoms with Crippen LogP contribution in [0.2, 0.25) is 0 Å².